The third-order valence-electron chi connectivity index (χ3n) is 3.72. The first-order chi connectivity index (χ1) is 13.2. The summed E-state index contributed by atoms with van der Waals surface area (Å²) in [5, 5.41) is 19.8. The van der Waals surface area contributed by atoms with Gasteiger partial charge in [0, 0.05) is 11.8 Å². The van der Waals surface area contributed by atoms with Crippen LogP contribution in [0, 0.1) is 34.4 Å². The maximum absolute atomic E-state index is 13.5. The molecular weight excluding hydrogens is 378 g/mol. The zero-order valence-corrected chi connectivity index (χ0v) is 14.5. The minimum Gasteiger partial charge on any atom is -0.493 e. The number of carbonyl (C=O) groups excluding carboxylic acids is 1. The fourth-order valence-electron chi connectivity index (χ4n) is 2.19. The third-order valence-corrected chi connectivity index (χ3v) is 3.72. The molecule has 0 bridgehead atoms. The van der Waals surface area contributed by atoms with E-state index >= 15 is 0 Å². The first kappa shape index (κ1) is 20.7. The number of carbonyl (C=O) groups is 1. The van der Waals surface area contributed by atoms with E-state index in [4.69, 9.17) is 15.3 Å². The van der Waals surface area contributed by atoms with Crippen molar-refractivity contribution in [1.82, 2.24) is 0 Å². The molecular formula is C19H13F4N3O2. The number of nitrogens with one attached hydrogen (secondary N) is 1. The molecule has 9 heteroatoms. The lowest BCUT2D eigenvalue weighted by atomic mass is 10.1. The fraction of sp³-hybridized carbons (Fsp3) is 0.211. The largest absolute Gasteiger partial charge is 0.493 e. The minimum absolute atomic E-state index is 0.105. The Balaban J connectivity index is 2.04. The maximum atomic E-state index is 13.5. The van der Waals surface area contributed by atoms with Crippen LogP contribution in [0.25, 0.3) is 0 Å². The molecule has 2 aromatic rings. The van der Waals surface area contributed by atoms with Crippen LogP contribution in [-0.4, -0.2) is 12.5 Å². The van der Waals surface area contributed by atoms with E-state index in [2.05, 4.69) is 5.32 Å². The van der Waals surface area contributed by atoms with E-state index in [1.54, 1.807) is 6.07 Å². The molecule has 0 aliphatic heterocycles. The van der Waals surface area contributed by atoms with Crippen LogP contribution in [0.15, 0.2) is 36.4 Å². The number of benzene rings is 2. The molecule has 5 nitrogen and oxygen atoms in total. The number of ether oxygens (including phenoxy) is 1. The normalized spacial score (nSPS) is 11.8. The molecule has 0 spiro atoms. The topological polar surface area (TPSA) is 85.9 Å². The molecule has 28 heavy (non-hydrogen) atoms. The predicted molar refractivity (Wildman–Crippen MR) is 90.6 cm³/mol. The Morgan fingerprint density at radius 3 is 2.36 bits per heavy atom. The highest BCUT2D eigenvalue weighted by molar-refractivity contribution is 5.92. The van der Waals surface area contributed by atoms with Crippen molar-refractivity contribution >= 4 is 11.6 Å². The number of amides is 1. The van der Waals surface area contributed by atoms with E-state index in [-0.39, 0.29) is 23.6 Å². The van der Waals surface area contributed by atoms with Crippen LogP contribution in [0.1, 0.15) is 23.6 Å². The average Bonchev–Trinajstić information content (AvgIpc) is 2.65. The molecule has 0 aliphatic rings. The molecule has 0 aromatic heterocycles. The van der Waals surface area contributed by atoms with E-state index in [0.717, 1.165) is 12.1 Å². The van der Waals surface area contributed by atoms with Gasteiger partial charge in [-0.15, -0.1) is 0 Å². The van der Waals surface area contributed by atoms with Crippen molar-refractivity contribution in [2.45, 2.75) is 13.1 Å². The minimum atomic E-state index is -4.74. The van der Waals surface area contributed by atoms with Crippen LogP contribution in [0.5, 0.6) is 5.75 Å². The Bertz CT molecular complexity index is 975. The van der Waals surface area contributed by atoms with Gasteiger partial charge in [0.05, 0.1) is 35.3 Å². The number of rotatable bonds is 5. The van der Waals surface area contributed by atoms with Crippen molar-refractivity contribution in [3.8, 4) is 17.9 Å². The quantitative estimate of drug-likeness (QED) is 0.773. The van der Waals surface area contributed by atoms with Gasteiger partial charge in [0.25, 0.3) is 0 Å². The molecule has 0 saturated heterocycles. The number of hydrogen-bond donors (Lipinski definition) is 1. The van der Waals surface area contributed by atoms with Gasteiger partial charge in [0.15, 0.2) is 0 Å². The second-order valence-corrected chi connectivity index (χ2v) is 5.82. The highest BCUT2D eigenvalue weighted by Crippen LogP contribution is 2.33. The van der Waals surface area contributed by atoms with Crippen molar-refractivity contribution in [3.05, 3.63) is 58.9 Å². The molecule has 2 rings (SSSR count). The standard InChI is InChI=1S/C19H13F4N3O2/c1-11(10-28-15-5-3-13(9-25)17(20)7-15)18(27)26-14-4-2-12(8-24)16(6-14)19(21,22)23/h2-7,11H,10H2,1H3,(H,26,27). The second-order valence-electron chi connectivity index (χ2n) is 5.82. The molecule has 1 atom stereocenters. The van der Waals surface area contributed by atoms with Crippen LogP contribution in [-0.2, 0) is 11.0 Å². The van der Waals surface area contributed by atoms with E-state index in [1.807, 2.05) is 0 Å². The first-order valence-corrected chi connectivity index (χ1v) is 7.90. The Morgan fingerprint density at radius 2 is 1.79 bits per heavy atom. The summed E-state index contributed by atoms with van der Waals surface area (Å²) < 4.78 is 57.7. The maximum Gasteiger partial charge on any atom is 0.417 e. The number of alkyl halides is 3. The van der Waals surface area contributed by atoms with Crippen LogP contribution in [0.2, 0.25) is 0 Å². The van der Waals surface area contributed by atoms with E-state index in [9.17, 15) is 22.4 Å². The number of nitrogens with zero attached hydrogens (tertiary/aromatic N) is 2. The van der Waals surface area contributed by atoms with Crippen LogP contribution >= 0.6 is 0 Å². The number of hydrogen-bond acceptors (Lipinski definition) is 4. The molecule has 0 saturated carbocycles. The number of halogens is 4. The van der Waals surface area contributed by atoms with Crippen LogP contribution in [0.3, 0.4) is 0 Å². The van der Waals surface area contributed by atoms with Gasteiger partial charge < -0.3 is 10.1 Å². The number of nitriles is 2. The van der Waals surface area contributed by atoms with Crippen molar-refractivity contribution < 1.29 is 27.1 Å². The summed E-state index contributed by atoms with van der Waals surface area (Å²) in [5.74, 6) is -2.06. The molecule has 1 unspecified atom stereocenters. The highest BCUT2D eigenvalue weighted by Gasteiger charge is 2.34. The lowest BCUT2D eigenvalue weighted by Gasteiger charge is -2.15. The Morgan fingerprint density at radius 1 is 1.14 bits per heavy atom. The molecule has 0 heterocycles. The van der Waals surface area contributed by atoms with Gasteiger partial charge in [-0.2, -0.15) is 23.7 Å². The highest BCUT2D eigenvalue weighted by atomic mass is 19.4. The van der Waals surface area contributed by atoms with Crippen molar-refractivity contribution in [2.24, 2.45) is 5.92 Å². The summed E-state index contributed by atoms with van der Waals surface area (Å²) >= 11 is 0. The molecule has 0 radical (unpaired) electrons. The van der Waals surface area contributed by atoms with Crippen LogP contribution in [0.4, 0.5) is 23.2 Å². The monoisotopic (exact) mass is 391 g/mol. The average molecular weight is 391 g/mol. The van der Waals surface area contributed by atoms with Gasteiger partial charge in [0.2, 0.25) is 5.91 Å². The summed E-state index contributed by atoms with van der Waals surface area (Å²) in [6.07, 6.45) is -4.74. The van der Waals surface area contributed by atoms with Gasteiger partial charge in [-0.25, -0.2) is 4.39 Å². The van der Waals surface area contributed by atoms with Gasteiger partial charge in [0.1, 0.15) is 17.6 Å². The zero-order chi connectivity index (χ0) is 20.9. The van der Waals surface area contributed by atoms with Crippen molar-refractivity contribution in [2.75, 3.05) is 11.9 Å². The Kier molecular flexibility index (Phi) is 6.22. The Hall–Kier alpha value is -3.59. The summed E-state index contributed by atoms with van der Waals surface area (Å²) in [6, 6.07) is 9.55. The second kappa shape index (κ2) is 8.40. The van der Waals surface area contributed by atoms with Crippen molar-refractivity contribution in [1.29, 1.82) is 10.5 Å². The zero-order valence-electron chi connectivity index (χ0n) is 14.5. The summed E-state index contributed by atoms with van der Waals surface area (Å²) in [5.41, 5.74) is -1.97. The van der Waals surface area contributed by atoms with Gasteiger partial charge in [-0.3, -0.25) is 4.79 Å². The molecule has 0 fully saturated rings. The molecule has 2 aromatic carbocycles. The molecule has 1 N–H and O–H groups in total. The molecule has 0 aliphatic carbocycles. The van der Waals surface area contributed by atoms with E-state index in [1.165, 1.54) is 31.2 Å². The lowest BCUT2D eigenvalue weighted by molar-refractivity contribution is -0.137. The Labute approximate surface area is 157 Å². The molecule has 144 valence electrons. The summed E-state index contributed by atoms with van der Waals surface area (Å²) in [4.78, 5) is 12.2. The summed E-state index contributed by atoms with van der Waals surface area (Å²) in [7, 11) is 0. The smallest absolute Gasteiger partial charge is 0.417 e. The number of anilines is 1. The fourth-order valence-corrected chi connectivity index (χ4v) is 2.19. The van der Waals surface area contributed by atoms with E-state index in [0.29, 0.717) is 6.07 Å². The van der Waals surface area contributed by atoms with Gasteiger partial charge in [-0.1, -0.05) is 6.92 Å². The lowest BCUT2D eigenvalue weighted by Crippen LogP contribution is -2.25. The van der Waals surface area contributed by atoms with Gasteiger partial charge in [-0.05, 0) is 30.3 Å². The van der Waals surface area contributed by atoms with Gasteiger partial charge >= 0.3 is 6.18 Å². The first-order valence-electron chi connectivity index (χ1n) is 7.90. The van der Waals surface area contributed by atoms with E-state index < -0.39 is 34.9 Å². The third kappa shape index (κ3) is 4.98. The predicted octanol–water partition coefficient (Wildman–Crippen LogP) is 4.24. The van der Waals surface area contributed by atoms with Crippen LogP contribution < -0.4 is 10.1 Å². The molecule has 1 amide bonds. The summed E-state index contributed by atoms with van der Waals surface area (Å²) in [6.45, 7) is 1.31. The SMILES string of the molecule is CC(COc1ccc(C#N)c(F)c1)C(=O)Nc1ccc(C#N)c(C(F)(F)F)c1. The van der Waals surface area contributed by atoms with Crippen molar-refractivity contribution in [3.63, 3.8) is 0 Å².